The van der Waals surface area contributed by atoms with Gasteiger partial charge in [-0.2, -0.15) is 4.72 Å². The van der Waals surface area contributed by atoms with Crippen molar-refractivity contribution in [2.45, 2.75) is 24.3 Å². The zero-order valence-corrected chi connectivity index (χ0v) is 8.91. The van der Waals surface area contributed by atoms with Crippen molar-refractivity contribution in [3.63, 3.8) is 0 Å². The smallest absolute Gasteiger partial charge is 0.321 e. The zero-order chi connectivity index (χ0) is 11.5. The highest BCUT2D eigenvalue weighted by atomic mass is 32.2. The number of carboxylic acid groups (broad SMARTS) is 1. The van der Waals surface area contributed by atoms with E-state index in [-0.39, 0.29) is 11.3 Å². The molecular weight excluding hydrogens is 220 g/mol. The van der Waals surface area contributed by atoms with Crippen LogP contribution in [-0.4, -0.2) is 30.5 Å². The minimum absolute atomic E-state index is 0.0298. The Hall–Kier alpha value is -1.34. The molecule has 0 saturated carbocycles. The Bertz CT molecular complexity index is 424. The quantitative estimate of drug-likeness (QED) is 0.673. The van der Waals surface area contributed by atoms with E-state index in [2.05, 4.69) is 9.71 Å². The van der Waals surface area contributed by atoms with Crippen LogP contribution >= 0.6 is 0 Å². The molecule has 0 aliphatic rings. The number of aromatic nitrogens is 1. The third kappa shape index (κ3) is 2.80. The molecule has 1 heterocycles. The fourth-order valence-corrected chi connectivity index (χ4v) is 2.29. The number of hydrogen-bond acceptors (Lipinski definition) is 3. The predicted molar refractivity (Wildman–Crippen MR) is 52.8 cm³/mol. The molecule has 6 nitrogen and oxygen atoms in total. The Labute approximate surface area is 87.4 Å². The van der Waals surface area contributed by atoms with Crippen LogP contribution in [0.3, 0.4) is 0 Å². The first-order valence-corrected chi connectivity index (χ1v) is 5.83. The Morgan fingerprint density at radius 1 is 1.67 bits per heavy atom. The van der Waals surface area contributed by atoms with Crippen LogP contribution in [-0.2, 0) is 14.8 Å². The summed E-state index contributed by atoms with van der Waals surface area (Å²) < 4.78 is 25.2. The Balaban J connectivity index is 2.86. The van der Waals surface area contributed by atoms with Crippen molar-refractivity contribution in [3.05, 3.63) is 18.5 Å². The number of aromatic amines is 1. The first-order valence-electron chi connectivity index (χ1n) is 4.35. The first kappa shape index (κ1) is 11.7. The molecule has 84 valence electrons. The van der Waals surface area contributed by atoms with E-state index in [9.17, 15) is 13.2 Å². The normalized spacial score (nSPS) is 13.7. The molecule has 1 aromatic rings. The number of sulfonamides is 1. The molecule has 7 heteroatoms. The van der Waals surface area contributed by atoms with Crippen molar-refractivity contribution in [1.82, 2.24) is 9.71 Å². The van der Waals surface area contributed by atoms with Gasteiger partial charge in [0.15, 0.2) is 0 Å². The van der Waals surface area contributed by atoms with Crippen LogP contribution in [0.15, 0.2) is 23.4 Å². The summed E-state index contributed by atoms with van der Waals surface area (Å²) >= 11 is 0. The molecule has 15 heavy (non-hydrogen) atoms. The van der Waals surface area contributed by atoms with E-state index in [0.29, 0.717) is 0 Å². The molecule has 0 aliphatic carbocycles. The summed E-state index contributed by atoms with van der Waals surface area (Å²) in [7, 11) is -3.74. The average Bonchev–Trinajstić information content (AvgIpc) is 2.67. The standard InChI is InChI=1S/C8H12N2O4S/c1-2-7(8(11)12)10-15(13,14)6-3-4-9-5-6/h3-5,7,9-10H,2H2,1H3,(H,11,12)/t7-/m0/s1. The van der Waals surface area contributed by atoms with Gasteiger partial charge >= 0.3 is 5.97 Å². The fraction of sp³-hybridized carbons (Fsp3) is 0.375. The number of nitrogens with one attached hydrogen (secondary N) is 2. The van der Waals surface area contributed by atoms with Crippen LogP contribution in [0.1, 0.15) is 13.3 Å². The van der Waals surface area contributed by atoms with Crippen LogP contribution in [0.2, 0.25) is 0 Å². The fourth-order valence-electron chi connectivity index (χ4n) is 1.04. The van der Waals surface area contributed by atoms with E-state index in [1.165, 1.54) is 18.5 Å². The van der Waals surface area contributed by atoms with Gasteiger partial charge in [-0.25, -0.2) is 8.42 Å². The molecule has 1 rings (SSSR count). The summed E-state index contributed by atoms with van der Waals surface area (Å²) in [5.41, 5.74) is 0. The van der Waals surface area contributed by atoms with Crippen LogP contribution in [0.5, 0.6) is 0 Å². The molecule has 0 aromatic carbocycles. The van der Waals surface area contributed by atoms with Crippen molar-refractivity contribution < 1.29 is 18.3 Å². The molecule has 0 saturated heterocycles. The Morgan fingerprint density at radius 3 is 2.73 bits per heavy atom. The maximum atomic E-state index is 11.6. The minimum atomic E-state index is -3.74. The molecule has 0 amide bonds. The molecule has 3 N–H and O–H groups in total. The van der Waals surface area contributed by atoms with Gasteiger partial charge in [0.1, 0.15) is 6.04 Å². The van der Waals surface area contributed by atoms with Gasteiger partial charge in [0.25, 0.3) is 0 Å². The number of aliphatic carboxylic acids is 1. The lowest BCUT2D eigenvalue weighted by atomic mass is 10.2. The third-order valence-corrected chi connectivity index (χ3v) is 3.35. The van der Waals surface area contributed by atoms with Crippen LogP contribution in [0.25, 0.3) is 0 Å². The molecular formula is C8H12N2O4S. The highest BCUT2D eigenvalue weighted by Gasteiger charge is 2.23. The Kier molecular flexibility index (Phi) is 3.48. The summed E-state index contributed by atoms with van der Waals surface area (Å²) in [5, 5.41) is 8.70. The van der Waals surface area contributed by atoms with Gasteiger partial charge in [-0.15, -0.1) is 0 Å². The second-order valence-electron chi connectivity index (χ2n) is 2.97. The lowest BCUT2D eigenvalue weighted by Crippen LogP contribution is -2.40. The van der Waals surface area contributed by atoms with Gasteiger partial charge in [-0.3, -0.25) is 4.79 Å². The molecule has 0 radical (unpaired) electrons. The third-order valence-electron chi connectivity index (χ3n) is 1.88. The van der Waals surface area contributed by atoms with Crippen molar-refractivity contribution >= 4 is 16.0 Å². The van der Waals surface area contributed by atoms with E-state index < -0.39 is 22.0 Å². The maximum Gasteiger partial charge on any atom is 0.321 e. The first-order chi connectivity index (χ1) is 6.97. The lowest BCUT2D eigenvalue weighted by molar-refractivity contribution is -0.139. The van der Waals surface area contributed by atoms with Gasteiger partial charge in [0, 0.05) is 12.4 Å². The van der Waals surface area contributed by atoms with E-state index in [0.717, 1.165) is 0 Å². The van der Waals surface area contributed by atoms with Crippen molar-refractivity contribution in [2.75, 3.05) is 0 Å². The number of rotatable bonds is 5. The Morgan fingerprint density at radius 2 is 2.33 bits per heavy atom. The van der Waals surface area contributed by atoms with E-state index in [4.69, 9.17) is 5.11 Å². The van der Waals surface area contributed by atoms with Gasteiger partial charge < -0.3 is 10.1 Å². The second kappa shape index (κ2) is 4.45. The minimum Gasteiger partial charge on any atom is -0.480 e. The number of carbonyl (C=O) groups is 1. The van der Waals surface area contributed by atoms with Crippen LogP contribution in [0.4, 0.5) is 0 Å². The van der Waals surface area contributed by atoms with Crippen molar-refractivity contribution in [2.24, 2.45) is 0 Å². The topological polar surface area (TPSA) is 99.3 Å². The van der Waals surface area contributed by atoms with Crippen molar-refractivity contribution in [3.8, 4) is 0 Å². The molecule has 0 spiro atoms. The maximum absolute atomic E-state index is 11.6. The van der Waals surface area contributed by atoms with Gasteiger partial charge in [0.2, 0.25) is 10.0 Å². The van der Waals surface area contributed by atoms with Crippen LogP contribution in [0, 0.1) is 0 Å². The monoisotopic (exact) mass is 232 g/mol. The van der Waals surface area contributed by atoms with Gasteiger partial charge in [-0.05, 0) is 12.5 Å². The summed E-state index contributed by atoms with van der Waals surface area (Å²) in [5.74, 6) is -1.18. The highest BCUT2D eigenvalue weighted by molar-refractivity contribution is 7.89. The van der Waals surface area contributed by atoms with Crippen LogP contribution < -0.4 is 4.72 Å². The SMILES string of the molecule is CC[C@H](NS(=O)(=O)c1cc[nH]c1)C(=O)O. The zero-order valence-electron chi connectivity index (χ0n) is 8.10. The second-order valence-corrected chi connectivity index (χ2v) is 4.68. The van der Waals surface area contributed by atoms with E-state index >= 15 is 0 Å². The molecule has 0 bridgehead atoms. The number of carboxylic acids is 1. The number of H-pyrrole nitrogens is 1. The van der Waals surface area contributed by atoms with E-state index in [1.54, 1.807) is 6.92 Å². The summed E-state index contributed by atoms with van der Waals surface area (Å²) in [6.45, 7) is 1.60. The number of hydrogen-bond donors (Lipinski definition) is 3. The highest BCUT2D eigenvalue weighted by Crippen LogP contribution is 2.08. The molecule has 0 fully saturated rings. The summed E-state index contributed by atoms with van der Waals surface area (Å²) in [4.78, 5) is 13.3. The molecule has 1 aromatic heterocycles. The molecule has 1 atom stereocenters. The average molecular weight is 232 g/mol. The van der Waals surface area contributed by atoms with Crippen molar-refractivity contribution in [1.29, 1.82) is 0 Å². The largest absolute Gasteiger partial charge is 0.480 e. The predicted octanol–water partition coefficient (Wildman–Crippen LogP) is 0.156. The molecule has 0 unspecified atom stereocenters. The lowest BCUT2D eigenvalue weighted by Gasteiger charge is -2.11. The summed E-state index contributed by atoms with van der Waals surface area (Å²) in [6, 6.07) is 0.265. The molecule has 0 aliphatic heterocycles. The van der Waals surface area contributed by atoms with E-state index in [1.807, 2.05) is 0 Å². The van der Waals surface area contributed by atoms with Gasteiger partial charge in [-0.1, -0.05) is 6.92 Å². The van der Waals surface area contributed by atoms with Gasteiger partial charge in [0.05, 0.1) is 4.90 Å². The summed E-state index contributed by atoms with van der Waals surface area (Å²) in [6.07, 6.45) is 2.94.